The zero-order chi connectivity index (χ0) is 14.0. The molecule has 0 amide bonds. The Hall–Kier alpha value is -1.21. The first-order valence-corrected chi connectivity index (χ1v) is 6.93. The van der Waals surface area contributed by atoms with Crippen molar-refractivity contribution in [2.24, 2.45) is 5.92 Å². The molecule has 0 fully saturated rings. The van der Waals surface area contributed by atoms with Crippen molar-refractivity contribution < 1.29 is 0 Å². The van der Waals surface area contributed by atoms with E-state index in [9.17, 15) is 4.79 Å². The summed E-state index contributed by atoms with van der Waals surface area (Å²) < 4.78 is 3.49. The van der Waals surface area contributed by atoms with E-state index in [1.54, 1.807) is 4.68 Å². The second-order valence-corrected chi connectivity index (χ2v) is 5.69. The van der Waals surface area contributed by atoms with E-state index < -0.39 is 0 Å². The Kier molecular flexibility index (Phi) is 4.36. The van der Waals surface area contributed by atoms with E-state index in [2.05, 4.69) is 44.8 Å². The van der Waals surface area contributed by atoms with Crippen molar-refractivity contribution in [2.75, 3.05) is 0 Å². The molecule has 2 aromatic rings. The van der Waals surface area contributed by atoms with Crippen LogP contribution in [-0.4, -0.2) is 24.3 Å². The number of hydrogen-bond donors (Lipinski definition) is 0. The van der Waals surface area contributed by atoms with E-state index in [-0.39, 0.29) is 15.2 Å². The minimum Gasteiger partial charge on any atom is -0.290 e. The fourth-order valence-corrected chi connectivity index (χ4v) is 2.07. The molecular weight excluding hydrogens is 334 g/mol. The number of hydrogen-bond acceptors (Lipinski definition) is 4. The predicted molar refractivity (Wildman–Crippen MR) is 75.2 cm³/mol. The summed E-state index contributed by atoms with van der Waals surface area (Å²) in [5.74, 6) is 1.17. The minimum atomic E-state index is -0.237. The largest absolute Gasteiger partial charge is 0.290 e. The number of halogens is 2. The lowest BCUT2D eigenvalue weighted by atomic mass is 10.2. The van der Waals surface area contributed by atoms with Crippen LogP contribution in [0.25, 0.3) is 0 Å². The van der Waals surface area contributed by atoms with Crippen LogP contribution in [0.15, 0.2) is 21.9 Å². The van der Waals surface area contributed by atoms with Gasteiger partial charge in [-0.3, -0.25) is 9.36 Å². The molecule has 2 heterocycles. The minimum absolute atomic E-state index is 0.157. The molecule has 0 atom stereocenters. The summed E-state index contributed by atoms with van der Waals surface area (Å²) in [4.78, 5) is 20.1. The Balaban J connectivity index is 2.30. The predicted octanol–water partition coefficient (Wildman–Crippen LogP) is 1.95. The molecule has 8 heteroatoms. The molecule has 0 radical (unpaired) electrons. The summed E-state index contributed by atoms with van der Waals surface area (Å²) in [6, 6.07) is 0. The van der Waals surface area contributed by atoms with Gasteiger partial charge in [0, 0.05) is 6.54 Å². The lowest BCUT2D eigenvalue weighted by Gasteiger charge is -2.10. The van der Waals surface area contributed by atoms with Gasteiger partial charge in [0.15, 0.2) is 5.15 Å². The first-order valence-electron chi connectivity index (χ1n) is 5.76. The van der Waals surface area contributed by atoms with Crippen LogP contribution in [0.5, 0.6) is 0 Å². The topological polar surface area (TPSA) is 65.6 Å². The molecule has 19 heavy (non-hydrogen) atoms. The zero-order valence-electron chi connectivity index (χ0n) is 10.5. The smallest absolute Gasteiger partial charge is 0.269 e. The van der Waals surface area contributed by atoms with Gasteiger partial charge in [0.1, 0.15) is 16.6 Å². The van der Waals surface area contributed by atoms with E-state index in [0.717, 1.165) is 6.54 Å². The van der Waals surface area contributed by atoms with Gasteiger partial charge in [-0.25, -0.2) is 14.6 Å². The third-order valence-corrected chi connectivity index (χ3v) is 3.72. The molecule has 0 aromatic carbocycles. The Morgan fingerprint density at radius 1 is 1.42 bits per heavy atom. The van der Waals surface area contributed by atoms with E-state index in [1.165, 1.54) is 17.2 Å². The number of nitrogens with zero attached hydrogens (tertiary/aromatic N) is 5. The van der Waals surface area contributed by atoms with Crippen molar-refractivity contribution in [3.05, 3.63) is 38.5 Å². The Morgan fingerprint density at radius 3 is 2.84 bits per heavy atom. The highest BCUT2D eigenvalue weighted by Gasteiger charge is 2.11. The molecule has 0 unspecified atom stereocenters. The van der Waals surface area contributed by atoms with Crippen molar-refractivity contribution in [1.29, 1.82) is 0 Å². The molecule has 2 aromatic heterocycles. The first-order chi connectivity index (χ1) is 8.99. The Labute approximate surface area is 123 Å². The third-order valence-electron chi connectivity index (χ3n) is 2.49. The molecule has 0 bridgehead atoms. The average molecular weight is 347 g/mol. The van der Waals surface area contributed by atoms with Gasteiger partial charge < -0.3 is 0 Å². The van der Waals surface area contributed by atoms with Gasteiger partial charge in [0.25, 0.3) is 5.56 Å². The van der Waals surface area contributed by atoms with Crippen LogP contribution >= 0.6 is 27.5 Å². The molecule has 0 N–H and O–H groups in total. The Morgan fingerprint density at radius 2 is 2.16 bits per heavy atom. The van der Waals surface area contributed by atoms with E-state index in [1.807, 2.05) is 0 Å². The van der Waals surface area contributed by atoms with Crippen LogP contribution in [0, 0.1) is 5.92 Å². The van der Waals surface area contributed by atoms with Gasteiger partial charge in [-0.15, -0.1) is 0 Å². The average Bonchev–Trinajstić information content (AvgIpc) is 2.77. The first kappa shape index (κ1) is 14.2. The lowest BCUT2D eigenvalue weighted by Crippen LogP contribution is -2.24. The van der Waals surface area contributed by atoms with Gasteiger partial charge >= 0.3 is 0 Å². The third kappa shape index (κ3) is 3.22. The highest BCUT2D eigenvalue weighted by atomic mass is 79.9. The lowest BCUT2D eigenvalue weighted by molar-refractivity contribution is 0.459. The molecule has 0 aliphatic heterocycles. The summed E-state index contributed by atoms with van der Waals surface area (Å²) in [6.07, 6.45) is 2.89. The molecule has 0 saturated carbocycles. The highest BCUT2D eigenvalue weighted by molar-refractivity contribution is 9.10. The second kappa shape index (κ2) is 5.83. The van der Waals surface area contributed by atoms with E-state index in [0.29, 0.717) is 18.3 Å². The molecule has 0 aliphatic rings. The summed E-state index contributed by atoms with van der Waals surface area (Å²) in [7, 11) is 0. The van der Waals surface area contributed by atoms with Crippen molar-refractivity contribution in [1.82, 2.24) is 24.3 Å². The summed E-state index contributed by atoms with van der Waals surface area (Å²) in [6.45, 7) is 5.26. The maximum atomic E-state index is 12.0. The molecule has 6 nitrogen and oxygen atoms in total. The molecule has 2 rings (SSSR count). The van der Waals surface area contributed by atoms with Gasteiger partial charge in [-0.05, 0) is 21.8 Å². The zero-order valence-corrected chi connectivity index (χ0v) is 12.9. The summed E-state index contributed by atoms with van der Waals surface area (Å²) in [5, 5.41) is 4.31. The van der Waals surface area contributed by atoms with Crippen LogP contribution in [-0.2, 0) is 13.1 Å². The van der Waals surface area contributed by atoms with Crippen LogP contribution in [0.1, 0.15) is 19.7 Å². The van der Waals surface area contributed by atoms with E-state index >= 15 is 0 Å². The SMILES string of the molecule is CC(C)Cn1ncnc1Cn1cnc(Cl)c(Br)c1=O. The van der Waals surface area contributed by atoms with Crippen LogP contribution in [0.3, 0.4) is 0 Å². The van der Waals surface area contributed by atoms with Gasteiger partial charge in [-0.1, -0.05) is 25.4 Å². The monoisotopic (exact) mass is 345 g/mol. The summed E-state index contributed by atoms with van der Waals surface area (Å²) in [5.41, 5.74) is -0.237. The maximum absolute atomic E-state index is 12.0. The number of rotatable bonds is 4. The van der Waals surface area contributed by atoms with Gasteiger partial charge in [0.2, 0.25) is 0 Å². The number of aromatic nitrogens is 5. The van der Waals surface area contributed by atoms with E-state index in [4.69, 9.17) is 11.6 Å². The Bertz CT molecular complexity index is 636. The van der Waals surface area contributed by atoms with Gasteiger partial charge in [-0.2, -0.15) is 5.10 Å². The maximum Gasteiger partial charge on any atom is 0.269 e. The summed E-state index contributed by atoms with van der Waals surface area (Å²) >= 11 is 8.89. The quantitative estimate of drug-likeness (QED) is 0.794. The molecule has 0 spiro atoms. The van der Waals surface area contributed by atoms with Crippen LogP contribution in [0.2, 0.25) is 5.15 Å². The van der Waals surface area contributed by atoms with Crippen molar-refractivity contribution in [3.8, 4) is 0 Å². The fraction of sp³-hybridized carbons (Fsp3) is 0.455. The van der Waals surface area contributed by atoms with Crippen molar-refractivity contribution in [2.45, 2.75) is 26.9 Å². The standard InChI is InChI=1S/C11H13BrClN5O/c1-7(2)3-18-8(14-5-16-18)4-17-6-15-10(13)9(12)11(17)19/h5-7H,3-4H2,1-2H3. The van der Waals surface area contributed by atoms with Crippen molar-refractivity contribution in [3.63, 3.8) is 0 Å². The molecule has 102 valence electrons. The highest BCUT2D eigenvalue weighted by Crippen LogP contribution is 2.14. The molecule has 0 saturated heterocycles. The molecular formula is C11H13BrClN5O. The second-order valence-electron chi connectivity index (χ2n) is 4.53. The molecule has 0 aliphatic carbocycles. The van der Waals surface area contributed by atoms with Crippen molar-refractivity contribution >= 4 is 27.5 Å². The normalized spacial score (nSPS) is 11.2. The van der Waals surface area contributed by atoms with Gasteiger partial charge in [0.05, 0.1) is 12.9 Å². The fourth-order valence-electron chi connectivity index (χ4n) is 1.62. The van der Waals surface area contributed by atoms with Crippen LogP contribution < -0.4 is 5.56 Å². The van der Waals surface area contributed by atoms with Crippen LogP contribution in [0.4, 0.5) is 0 Å².